The van der Waals surface area contributed by atoms with Crippen molar-refractivity contribution in [3.63, 3.8) is 0 Å². The molecule has 9 heteroatoms. The van der Waals surface area contributed by atoms with Crippen LogP contribution < -0.4 is 10.2 Å². The van der Waals surface area contributed by atoms with Gasteiger partial charge in [-0.3, -0.25) is 9.78 Å². The second-order valence-electron chi connectivity index (χ2n) is 7.59. The van der Waals surface area contributed by atoms with Crippen molar-refractivity contribution >= 4 is 40.2 Å². The Labute approximate surface area is 177 Å². The van der Waals surface area contributed by atoms with Gasteiger partial charge in [-0.05, 0) is 37.1 Å². The molecular formula is C21H20ClFN6O. The Morgan fingerprint density at radius 1 is 1.10 bits per heavy atom. The van der Waals surface area contributed by atoms with Crippen LogP contribution in [-0.4, -0.2) is 58.0 Å². The maximum atomic E-state index is 13.4. The Bertz CT molecular complexity index is 1110. The summed E-state index contributed by atoms with van der Waals surface area (Å²) in [5, 5.41) is 3.43. The molecule has 1 aliphatic carbocycles. The Kier molecular flexibility index (Phi) is 4.86. The quantitative estimate of drug-likeness (QED) is 0.689. The molecule has 1 aliphatic heterocycles. The second kappa shape index (κ2) is 7.68. The zero-order valence-corrected chi connectivity index (χ0v) is 16.9. The molecule has 30 heavy (non-hydrogen) atoms. The second-order valence-corrected chi connectivity index (χ2v) is 7.99. The number of anilines is 2. The monoisotopic (exact) mass is 426 g/mol. The first kappa shape index (κ1) is 19.0. The maximum Gasteiger partial charge on any atom is 0.254 e. The SMILES string of the molecule is O=C(c1ccc(F)c(Cl)c1)N1CCN(c2nc3cnccc3nc2NC2CC2)CC1. The van der Waals surface area contributed by atoms with Crippen LogP contribution in [0.5, 0.6) is 0 Å². The van der Waals surface area contributed by atoms with Crippen molar-refractivity contribution in [1.82, 2.24) is 19.9 Å². The normalized spacial score (nSPS) is 16.7. The number of nitrogens with one attached hydrogen (secondary N) is 1. The Morgan fingerprint density at radius 2 is 1.90 bits per heavy atom. The molecule has 1 aromatic carbocycles. The molecule has 2 fully saturated rings. The first-order chi connectivity index (χ1) is 14.6. The van der Waals surface area contributed by atoms with Gasteiger partial charge in [0.1, 0.15) is 11.3 Å². The molecule has 0 unspecified atom stereocenters. The van der Waals surface area contributed by atoms with Crippen LogP contribution in [0.2, 0.25) is 5.02 Å². The number of rotatable bonds is 4. The summed E-state index contributed by atoms with van der Waals surface area (Å²) in [6.45, 7) is 2.31. The number of benzene rings is 1. The maximum absolute atomic E-state index is 13.4. The minimum Gasteiger partial charge on any atom is -0.364 e. The third-order valence-electron chi connectivity index (χ3n) is 5.40. The number of hydrogen-bond acceptors (Lipinski definition) is 6. The van der Waals surface area contributed by atoms with Crippen LogP contribution in [-0.2, 0) is 0 Å². The fourth-order valence-corrected chi connectivity index (χ4v) is 3.75. The van der Waals surface area contributed by atoms with Gasteiger partial charge in [-0.25, -0.2) is 14.4 Å². The van der Waals surface area contributed by atoms with E-state index in [0.717, 1.165) is 35.5 Å². The van der Waals surface area contributed by atoms with Gasteiger partial charge < -0.3 is 15.1 Å². The Morgan fingerprint density at radius 3 is 2.63 bits per heavy atom. The third-order valence-corrected chi connectivity index (χ3v) is 5.69. The van der Waals surface area contributed by atoms with E-state index in [9.17, 15) is 9.18 Å². The lowest BCUT2D eigenvalue weighted by molar-refractivity contribution is 0.0746. The van der Waals surface area contributed by atoms with Crippen molar-refractivity contribution in [2.24, 2.45) is 0 Å². The molecule has 3 heterocycles. The summed E-state index contributed by atoms with van der Waals surface area (Å²) < 4.78 is 13.4. The molecule has 1 amide bonds. The number of amides is 1. The van der Waals surface area contributed by atoms with Gasteiger partial charge in [0.05, 0.1) is 16.7 Å². The summed E-state index contributed by atoms with van der Waals surface area (Å²) in [5.41, 5.74) is 1.94. The van der Waals surface area contributed by atoms with Gasteiger partial charge in [-0.1, -0.05) is 11.6 Å². The topological polar surface area (TPSA) is 74.2 Å². The number of hydrogen-bond donors (Lipinski definition) is 1. The summed E-state index contributed by atoms with van der Waals surface area (Å²) in [7, 11) is 0. The highest BCUT2D eigenvalue weighted by Crippen LogP contribution is 2.31. The van der Waals surface area contributed by atoms with Crippen LogP contribution in [0.1, 0.15) is 23.2 Å². The minimum absolute atomic E-state index is 0.0460. The molecule has 0 radical (unpaired) electrons. The summed E-state index contributed by atoms with van der Waals surface area (Å²) >= 11 is 5.83. The summed E-state index contributed by atoms with van der Waals surface area (Å²) in [5.74, 6) is 0.889. The van der Waals surface area contributed by atoms with Crippen molar-refractivity contribution in [1.29, 1.82) is 0 Å². The van der Waals surface area contributed by atoms with E-state index in [4.69, 9.17) is 21.6 Å². The number of fused-ring (bicyclic) bond motifs is 1. The highest BCUT2D eigenvalue weighted by molar-refractivity contribution is 6.31. The van der Waals surface area contributed by atoms with Gasteiger partial charge in [-0.15, -0.1) is 0 Å². The number of halogens is 2. The van der Waals surface area contributed by atoms with E-state index < -0.39 is 5.82 Å². The van der Waals surface area contributed by atoms with Gasteiger partial charge in [0.15, 0.2) is 11.6 Å². The average molecular weight is 427 g/mol. The average Bonchev–Trinajstić information content (AvgIpc) is 3.59. The predicted octanol–water partition coefficient (Wildman–Crippen LogP) is 3.35. The van der Waals surface area contributed by atoms with Crippen molar-refractivity contribution in [3.05, 3.63) is 53.1 Å². The molecule has 0 bridgehead atoms. The van der Waals surface area contributed by atoms with Gasteiger partial charge >= 0.3 is 0 Å². The fourth-order valence-electron chi connectivity index (χ4n) is 3.57. The van der Waals surface area contributed by atoms with Crippen molar-refractivity contribution in [2.75, 3.05) is 36.4 Å². The minimum atomic E-state index is -0.530. The van der Waals surface area contributed by atoms with Crippen molar-refractivity contribution in [3.8, 4) is 0 Å². The molecular weight excluding hydrogens is 407 g/mol. The zero-order chi connectivity index (χ0) is 20.7. The number of carbonyl (C=O) groups excluding carboxylic acids is 1. The molecule has 5 rings (SSSR count). The van der Waals surface area contributed by atoms with Crippen LogP contribution in [0.4, 0.5) is 16.0 Å². The van der Waals surface area contributed by atoms with E-state index in [2.05, 4.69) is 15.2 Å². The van der Waals surface area contributed by atoms with Crippen LogP contribution in [0.3, 0.4) is 0 Å². The molecule has 1 saturated carbocycles. The summed E-state index contributed by atoms with van der Waals surface area (Å²) in [4.78, 5) is 30.4. The van der Waals surface area contributed by atoms with Crippen molar-refractivity contribution in [2.45, 2.75) is 18.9 Å². The van der Waals surface area contributed by atoms with Crippen LogP contribution in [0.25, 0.3) is 11.0 Å². The molecule has 0 atom stereocenters. The number of piperazine rings is 1. The number of nitrogens with zero attached hydrogens (tertiary/aromatic N) is 5. The lowest BCUT2D eigenvalue weighted by Crippen LogP contribution is -2.49. The fraction of sp³-hybridized carbons (Fsp3) is 0.333. The van der Waals surface area contributed by atoms with E-state index in [0.29, 0.717) is 37.8 Å². The van der Waals surface area contributed by atoms with Crippen LogP contribution in [0, 0.1) is 5.82 Å². The van der Waals surface area contributed by atoms with Crippen LogP contribution in [0.15, 0.2) is 36.7 Å². The van der Waals surface area contributed by atoms with E-state index >= 15 is 0 Å². The van der Waals surface area contributed by atoms with Gasteiger partial charge in [0.2, 0.25) is 0 Å². The number of carbonyl (C=O) groups is 1. The highest BCUT2D eigenvalue weighted by atomic mass is 35.5. The third kappa shape index (κ3) is 3.75. The molecule has 1 saturated heterocycles. The first-order valence-electron chi connectivity index (χ1n) is 9.96. The Balaban J connectivity index is 1.35. The number of aromatic nitrogens is 3. The van der Waals surface area contributed by atoms with E-state index in [-0.39, 0.29) is 10.9 Å². The lowest BCUT2D eigenvalue weighted by atomic mass is 10.1. The largest absolute Gasteiger partial charge is 0.364 e. The predicted molar refractivity (Wildman–Crippen MR) is 114 cm³/mol. The van der Waals surface area contributed by atoms with E-state index in [1.54, 1.807) is 17.3 Å². The first-order valence-corrected chi connectivity index (χ1v) is 10.3. The molecule has 154 valence electrons. The van der Waals surface area contributed by atoms with Gasteiger partial charge in [0.25, 0.3) is 5.91 Å². The Hall–Kier alpha value is -3.00. The van der Waals surface area contributed by atoms with Gasteiger partial charge in [0, 0.05) is 44.0 Å². The zero-order valence-electron chi connectivity index (χ0n) is 16.2. The molecule has 1 N–H and O–H groups in total. The molecule has 2 aromatic heterocycles. The number of pyridine rings is 1. The van der Waals surface area contributed by atoms with E-state index in [1.165, 1.54) is 18.2 Å². The standard InChI is InChI=1S/C21H20ClFN6O/c22-15-11-13(1-4-16(15)23)21(30)29-9-7-28(8-10-29)20-19(25-14-2-3-14)26-17-5-6-24-12-18(17)27-20/h1,4-6,11-12,14H,2-3,7-10H2,(H,25,26). The van der Waals surface area contributed by atoms with E-state index in [1.807, 2.05) is 6.07 Å². The lowest BCUT2D eigenvalue weighted by Gasteiger charge is -2.36. The summed E-state index contributed by atoms with van der Waals surface area (Å²) in [6, 6.07) is 6.37. The molecule has 3 aromatic rings. The molecule has 0 spiro atoms. The highest BCUT2D eigenvalue weighted by Gasteiger charge is 2.28. The molecule has 2 aliphatic rings. The van der Waals surface area contributed by atoms with Gasteiger partial charge in [-0.2, -0.15) is 0 Å². The summed E-state index contributed by atoms with van der Waals surface area (Å²) in [6.07, 6.45) is 5.70. The van der Waals surface area contributed by atoms with Crippen molar-refractivity contribution < 1.29 is 9.18 Å². The molecule has 7 nitrogen and oxygen atoms in total. The van der Waals surface area contributed by atoms with Crippen LogP contribution >= 0.6 is 11.6 Å². The smallest absolute Gasteiger partial charge is 0.254 e.